The van der Waals surface area contributed by atoms with Crippen molar-refractivity contribution in [2.45, 2.75) is 20.4 Å². The highest BCUT2D eigenvalue weighted by Gasteiger charge is 2.09. The lowest BCUT2D eigenvalue weighted by atomic mass is 10.1. The number of fused-ring (bicyclic) bond motifs is 1. The minimum atomic E-state index is -0.549. The van der Waals surface area contributed by atoms with Crippen molar-refractivity contribution in [3.63, 3.8) is 0 Å². The van der Waals surface area contributed by atoms with E-state index in [0.29, 0.717) is 10.9 Å². The van der Waals surface area contributed by atoms with Crippen LogP contribution in [-0.2, 0) is 11.3 Å². The van der Waals surface area contributed by atoms with Crippen molar-refractivity contribution >= 4 is 16.7 Å². The zero-order valence-corrected chi connectivity index (χ0v) is 9.61. The second kappa shape index (κ2) is 4.01. The van der Waals surface area contributed by atoms with E-state index in [0.717, 1.165) is 10.1 Å². The fourth-order valence-electron chi connectivity index (χ4n) is 1.79. The SMILES string of the molecule is CC(=O)Cn1c(=O)[nH]c2c(C)cccc2c1=O. The lowest BCUT2D eigenvalue weighted by Crippen LogP contribution is -2.36. The largest absolute Gasteiger partial charge is 0.329 e. The average molecular weight is 232 g/mol. The Balaban J connectivity index is 2.86. The van der Waals surface area contributed by atoms with Crippen LogP contribution in [0.1, 0.15) is 12.5 Å². The molecule has 0 aliphatic carbocycles. The molecule has 5 heteroatoms. The van der Waals surface area contributed by atoms with Gasteiger partial charge in [-0.25, -0.2) is 4.79 Å². The third-order valence-corrected chi connectivity index (χ3v) is 2.61. The van der Waals surface area contributed by atoms with Gasteiger partial charge in [0.2, 0.25) is 0 Å². The van der Waals surface area contributed by atoms with Gasteiger partial charge < -0.3 is 4.98 Å². The zero-order valence-electron chi connectivity index (χ0n) is 9.61. The van der Waals surface area contributed by atoms with Gasteiger partial charge in [0.05, 0.1) is 17.4 Å². The Kier molecular flexibility index (Phi) is 2.67. The first-order valence-electron chi connectivity index (χ1n) is 5.22. The van der Waals surface area contributed by atoms with Gasteiger partial charge in [0.1, 0.15) is 5.78 Å². The number of ketones is 1. The van der Waals surface area contributed by atoms with Crippen LogP contribution in [-0.4, -0.2) is 15.3 Å². The van der Waals surface area contributed by atoms with Crippen molar-refractivity contribution < 1.29 is 4.79 Å². The fraction of sp³-hybridized carbons (Fsp3) is 0.250. The number of carbonyl (C=O) groups excluding carboxylic acids is 1. The number of aromatic amines is 1. The van der Waals surface area contributed by atoms with Crippen LogP contribution in [0, 0.1) is 6.92 Å². The van der Waals surface area contributed by atoms with Crippen LogP contribution in [0.25, 0.3) is 10.9 Å². The number of rotatable bonds is 2. The third-order valence-electron chi connectivity index (χ3n) is 2.61. The number of para-hydroxylation sites is 1. The molecule has 17 heavy (non-hydrogen) atoms. The first-order chi connectivity index (χ1) is 8.00. The molecule has 1 aromatic carbocycles. The van der Waals surface area contributed by atoms with Crippen molar-refractivity contribution in [2.75, 3.05) is 0 Å². The Morgan fingerprint density at radius 1 is 1.35 bits per heavy atom. The predicted octanol–water partition coefficient (Wildman–Crippen LogP) is 0.587. The smallest absolute Gasteiger partial charge is 0.306 e. The van der Waals surface area contributed by atoms with Crippen molar-refractivity contribution in [1.29, 1.82) is 0 Å². The van der Waals surface area contributed by atoms with Gasteiger partial charge in [0, 0.05) is 0 Å². The van der Waals surface area contributed by atoms with Gasteiger partial charge in [-0.2, -0.15) is 0 Å². The Morgan fingerprint density at radius 2 is 2.06 bits per heavy atom. The van der Waals surface area contributed by atoms with E-state index < -0.39 is 11.2 Å². The molecule has 0 saturated carbocycles. The summed E-state index contributed by atoms with van der Waals surface area (Å²) in [7, 11) is 0. The van der Waals surface area contributed by atoms with E-state index in [1.807, 2.05) is 13.0 Å². The minimum absolute atomic E-state index is 0.196. The molecule has 1 aromatic heterocycles. The maximum atomic E-state index is 12.0. The van der Waals surface area contributed by atoms with Gasteiger partial charge in [-0.15, -0.1) is 0 Å². The van der Waals surface area contributed by atoms with Gasteiger partial charge in [0.15, 0.2) is 0 Å². The molecule has 0 spiro atoms. The van der Waals surface area contributed by atoms with E-state index in [-0.39, 0.29) is 12.3 Å². The number of Topliss-reactive ketones (excluding diaryl/α,β-unsaturated/α-hetero) is 1. The maximum absolute atomic E-state index is 12.0. The molecule has 0 unspecified atom stereocenters. The van der Waals surface area contributed by atoms with E-state index in [9.17, 15) is 14.4 Å². The predicted molar refractivity (Wildman–Crippen MR) is 64.2 cm³/mol. The molecule has 0 saturated heterocycles. The highest BCUT2D eigenvalue weighted by molar-refractivity contribution is 5.81. The number of benzene rings is 1. The highest BCUT2D eigenvalue weighted by Crippen LogP contribution is 2.09. The summed E-state index contributed by atoms with van der Waals surface area (Å²) < 4.78 is 0.921. The molecule has 0 aliphatic rings. The van der Waals surface area contributed by atoms with E-state index in [2.05, 4.69) is 4.98 Å². The molecule has 0 atom stereocenters. The minimum Gasteiger partial charge on any atom is -0.306 e. The van der Waals surface area contributed by atoms with Crippen molar-refractivity contribution in [3.05, 3.63) is 44.6 Å². The Morgan fingerprint density at radius 3 is 2.71 bits per heavy atom. The van der Waals surface area contributed by atoms with E-state index in [4.69, 9.17) is 0 Å². The van der Waals surface area contributed by atoms with Crippen LogP contribution in [0.3, 0.4) is 0 Å². The zero-order chi connectivity index (χ0) is 12.6. The summed E-state index contributed by atoms with van der Waals surface area (Å²) in [4.78, 5) is 37.4. The van der Waals surface area contributed by atoms with Gasteiger partial charge in [-0.1, -0.05) is 12.1 Å². The molecular weight excluding hydrogens is 220 g/mol. The van der Waals surface area contributed by atoms with Crippen LogP contribution in [0.15, 0.2) is 27.8 Å². The average Bonchev–Trinajstić information content (AvgIpc) is 2.26. The molecule has 0 fully saturated rings. The molecule has 0 radical (unpaired) electrons. The molecule has 0 amide bonds. The quantitative estimate of drug-likeness (QED) is 0.823. The van der Waals surface area contributed by atoms with Crippen molar-refractivity contribution in [3.8, 4) is 0 Å². The lowest BCUT2D eigenvalue weighted by molar-refractivity contribution is -0.117. The van der Waals surface area contributed by atoms with Gasteiger partial charge >= 0.3 is 5.69 Å². The summed E-state index contributed by atoms with van der Waals surface area (Å²) in [5.41, 5.74) is 0.378. The lowest BCUT2D eigenvalue weighted by Gasteiger charge is -2.05. The highest BCUT2D eigenvalue weighted by atomic mass is 16.2. The van der Waals surface area contributed by atoms with Crippen molar-refractivity contribution in [1.82, 2.24) is 9.55 Å². The van der Waals surface area contributed by atoms with Gasteiger partial charge in [-0.05, 0) is 25.5 Å². The van der Waals surface area contributed by atoms with Crippen LogP contribution < -0.4 is 11.2 Å². The number of nitrogens with zero attached hydrogens (tertiary/aromatic N) is 1. The van der Waals surface area contributed by atoms with Gasteiger partial charge in [0.25, 0.3) is 5.56 Å². The number of nitrogens with one attached hydrogen (secondary N) is 1. The van der Waals surface area contributed by atoms with E-state index >= 15 is 0 Å². The first kappa shape index (κ1) is 11.3. The molecule has 1 heterocycles. The third kappa shape index (κ3) is 1.91. The Hall–Kier alpha value is -2.17. The van der Waals surface area contributed by atoms with Crippen LogP contribution in [0.4, 0.5) is 0 Å². The normalized spacial score (nSPS) is 10.7. The van der Waals surface area contributed by atoms with Crippen LogP contribution in [0.5, 0.6) is 0 Å². The molecular formula is C12H12N2O3. The van der Waals surface area contributed by atoms with Crippen LogP contribution in [0.2, 0.25) is 0 Å². The Bertz CT molecular complexity index is 710. The topological polar surface area (TPSA) is 71.9 Å². The second-order valence-electron chi connectivity index (χ2n) is 4.02. The fourth-order valence-corrected chi connectivity index (χ4v) is 1.79. The summed E-state index contributed by atoms with van der Waals surface area (Å²) in [6, 6.07) is 5.19. The molecule has 0 aliphatic heterocycles. The number of hydrogen-bond acceptors (Lipinski definition) is 3. The molecule has 2 aromatic rings. The summed E-state index contributed by atoms with van der Waals surface area (Å²) in [5, 5.41) is 0.422. The second-order valence-corrected chi connectivity index (χ2v) is 4.02. The van der Waals surface area contributed by atoms with Crippen LogP contribution >= 0.6 is 0 Å². The number of hydrogen-bond donors (Lipinski definition) is 1. The summed E-state index contributed by atoms with van der Waals surface area (Å²) >= 11 is 0. The molecule has 88 valence electrons. The Labute approximate surface area is 96.7 Å². The number of aryl methyl sites for hydroxylation is 1. The number of carbonyl (C=O) groups is 1. The molecule has 2 rings (SSSR count). The summed E-state index contributed by atoms with van der Waals surface area (Å²) in [6.07, 6.45) is 0. The maximum Gasteiger partial charge on any atom is 0.329 e. The monoisotopic (exact) mass is 232 g/mol. The first-order valence-corrected chi connectivity index (χ1v) is 5.22. The summed E-state index contributed by atoms with van der Waals surface area (Å²) in [5.74, 6) is -0.232. The molecule has 1 N–H and O–H groups in total. The molecule has 0 bridgehead atoms. The molecule has 5 nitrogen and oxygen atoms in total. The number of aromatic nitrogens is 2. The van der Waals surface area contributed by atoms with Gasteiger partial charge in [-0.3, -0.25) is 14.2 Å². The van der Waals surface area contributed by atoms with Crippen molar-refractivity contribution in [2.24, 2.45) is 0 Å². The van der Waals surface area contributed by atoms with E-state index in [1.54, 1.807) is 12.1 Å². The standard InChI is InChI=1S/C12H12N2O3/c1-7-4-3-5-9-10(7)13-12(17)14(11(9)16)6-8(2)15/h3-5H,6H2,1-2H3,(H,13,17). The summed E-state index contributed by atoms with van der Waals surface area (Å²) in [6.45, 7) is 2.96. The number of H-pyrrole nitrogens is 1. The van der Waals surface area contributed by atoms with E-state index in [1.165, 1.54) is 6.92 Å².